The van der Waals surface area contributed by atoms with Crippen LogP contribution in [-0.2, 0) is 0 Å². The van der Waals surface area contributed by atoms with Crippen molar-refractivity contribution in [3.8, 4) is 18.2 Å². The Bertz CT molecular complexity index is 250. The van der Waals surface area contributed by atoms with Gasteiger partial charge in [-0.2, -0.15) is 15.8 Å². The van der Waals surface area contributed by atoms with Gasteiger partial charge in [0, 0.05) is 0 Å². The van der Waals surface area contributed by atoms with Gasteiger partial charge in [0.25, 0.3) is 0 Å². The third kappa shape index (κ3) is 2.26. The van der Waals surface area contributed by atoms with Crippen molar-refractivity contribution >= 4 is 0 Å². The molecular weight excluding hydrogens is 150 g/mol. The van der Waals surface area contributed by atoms with Crippen LogP contribution in [0.3, 0.4) is 0 Å². The Labute approximate surface area is 72.8 Å². The average Bonchev–Trinajstić information content (AvgIpc) is 2.12. The van der Waals surface area contributed by atoms with E-state index in [0.29, 0.717) is 6.42 Å². The summed E-state index contributed by atoms with van der Waals surface area (Å²) in [5.41, 5.74) is 0. The molecule has 12 heavy (non-hydrogen) atoms. The molecule has 0 aromatic carbocycles. The van der Waals surface area contributed by atoms with Crippen molar-refractivity contribution in [1.29, 1.82) is 15.8 Å². The Kier molecular flexibility index (Phi) is 4.51. The van der Waals surface area contributed by atoms with Crippen LogP contribution in [0.2, 0.25) is 0 Å². The van der Waals surface area contributed by atoms with E-state index in [9.17, 15) is 0 Å². The van der Waals surface area contributed by atoms with Gasteiger partial charge in [-0.05, 0) is 13.3 Å². The highest BCUT2D eigenvalue weighted by Gasteiger charge is 2.25. The van der Waals surface area contributed by atoms with Gasteiger partial charge in [0.2, 0.25) is 0 Å². The summed E-state index contributed by atoms with van der Waals surface area (Å²) in [6.07, 6.45) is 0.626. The number of rotatable bonds is 3. The molecule has 0 heterocycles. The molecule has 3 heteroatoms. The van der Waals surface area contributed by atoms with E-state index in [1.54, 1.807) is 6.92 Å². The minimum Gasteiger partial charge on any atom is -0.198 e. The number of hydrogen-bond acceptors (Lipinski definition) is 3. The highest BCUT2D eigenvalue weighted by Crippen LogP contribution is 2.22. The fourth-order valence-electron chi connectivity index (χ4n) is 1.06. The molecule has 0 aliphatic heterocycles. The van der Waals surface area contributed by atoms with Crippen LogP contribution in [0.5, 0.6) is 0 Å². The first kappa shape index (κ1) is 10.5. The molecule has 0 amide bonds. The molecule has 0 saturated heterocycles. The lowest BCUT2D eigenvalue weighted by Crippen LogP contribution is -2.17. The van der Waals surface area contributed by atoms with Gasteiger partial charge in [-0.3, -0.25) is 0 Å². The molecular formula is C9H11N3. The van der Waals surface area contributed by atoms with Gasteiger partial charge < -0.3 is 0 Å². The van der Waals surface area contributed by atoms with Gasteiger partial charge >= 0.3 is 0 Å². The SMILES string of the molecule is CCC(C#N)C(C#N)[C@@H](C)C#N. The van der Waals surface area contributed by atoms with Crippen molar-refractivity contribution in [2.24, 2.45) is 17.8 Å². The molecule has 0 saturated carbocycles. The van der Waals surface area contributed by atoms with Gasteiger partial charge in [0.05, 0.1) is 36.0 Å². The largest absolute Gasteiger partial charge is 0.198 e. The molecule has 0 aliphatic carbocycles. The summed E-state index contributed by atoms with van der Waals surface area (Å²) in [4.78, 5) is 0. The second-order valence-electron chi connectivity index (χ2n) is 2.72. The van der Waals surface area contributed by atoms with E-state index in [-0.39, 0.29) is 11.8 Å². The van der Waals surface area contributed by atoms with Crippen LogP contribution in [0.1, 0.15) is 20.3 Å². The zero-order chi connectivity index (χ0) is 9.56. The fourth-order valence-corrected chi connectivity index (χ4v) is 1.06. The Morgan fingerprint density at radius 1 is 1.08 bits per heavy atom. The van der Waals surface area contributed by atoms with E-state index in [2.05, 4.69) is 0 Å². The predicted octanol–water partition coefficient (Wildman–Crippen LogP) is 1.84. The lowest BCUT2D eigenvalue weighted by Gasteiger charge is -2.14. The molecule has 2 unspecified atom stereocenters. The van der Waals surface area contributed by atoms with Crippen molar-refractivity contribution < 1.29 is 0 Å². The Balaban J connectivity index is 4.49. The second kappa shape index (κ2) is 5.16. The zero-order valence-corrected chi connectivity index (χ0v) is 7.28. The van der Waals surface area contributed by atoms with Crippen molar-refractivity contribution in [3.05, 3.63) is 0 Å². The van der Waals surface area contributed by atoms with Crippen LogP contribution < -0.4 is 0 Å². The third-order valence-corrected chi connectivity index (χ3v) is 1.93. The van der Waals surface area contributed by atoms with E-state index in [1.807, 2.05) is 25.1 Å². The second-order valence-corrected chi connectivity index (χ2v) is 2.72. The summed E-state index contributed by atoms with van der Waals surface area (Å²) < 4.78 is 0. The number of hydrogen-bond donors (Lipinski definition) is 0. The first-order valence-electron chi connectivity index (χ1n) is 3.90. The number of nitrogens with zero attached hydrogens (tertiary/aromatic N) is 3. The lowest BCUT2D eigenvalue weighted by molar-refractivity contribution is 0.408. The average molecular weight is 161 g/mol. The van der Waals surface area contributed by atoms with Crippen molar-refractivity contribution in [2.75, 3.05) is 0 Å². The van der Waals surface area contributed by atoms with Crippen molar-refractivity contribution in [2.45, 2.75) is 20.3 Å². The highest BCUT2D eigenvalue weighted by molar-refractivity contribution is 5.04. The van der Waals surface area contributed by atoms with E-state index in [1.165, 1.54) is 0 Å². The van der Waals surface area contributed by atoms with Crippen LogP contribution in [-0.4, -0.2) is 0 Å². The maximum Gasteiger partial charge on any atom is 0.0776 e. The molecule has 0 bridgehead atoms. The summed E-state index contributed by atoms with van der Waals surface area (Å²) in [6.45, 7) is 3.52. The minimum atomic E-state index is -0.454. The molecule has 0 aromatic rings. The highest BCUT2D eigenvalue weighted by atomic mass is 14.4. The smallest absolute Gasteiger partial charge is 0.0776 e. The van der Waals surface area contributed by atoms with Gasteiger partial charge in [-0.15, -0.1) is 0 Å². The minimum absolute atomic E-state index is 0.315. The first-order valence-corrected chi connectivity index (χ1v) is 3.90. The normalized spacial score (nSPS) is 16.2. The van der Waals surface area contributed by atoms with E-state index >= 15 is 0 Å². The molecule has 0 aliphatic rings. The topological polar surface area (TPSA) is 71.4 Å². The fraction of sp³-hybridized carbons (Fsp3) is 0.667. The Hall–Kier alpha value is -1.53. The zero-order valence-electron chi connectivity index (χ0n) is 7.28. The van der Waals surface area contributed by atoms with E-state index < -0.39 is 5.92 Å². The predicted molar refractivity (Wildman–Crippen MR) is 43.3 cm³/mol. The summed E-state index contributed by atoms with van der Waals surface area (Å²) in [6, 6.07) is 6.05. The third-order valence-electron chi connectivity index (χ3n) is 1.93. The maximum absolute atomic E-state index is 8.71. The molecule has 0 fully saturated rings. The molecule has 3 nitrogen and oxygen atoms in total. The first-order chi connectivity index (χ1) is 5.71. The molecule has 0 rings (SSSR count). The van der Waals surface area contributed by atoms with Gasteiger partial charge in [-0.25, -0.2) is 0 Å². The molecule has 62 valence electrons. The van der Waals surface area contributed by atoms with Gasteiger partial charge in [-0.1, -0.05) is 6.92 Å². The standard InChI is InChI=1S/C9H11N3/c1-3-8(5-11)9(6-12)7(2)4-10/h7-9H,3H2,1-2H3/t7-,8?,9?/m0/s1. The molecule has 0 spiro atoms. The summed E-state index contributed by atoms with van der Waals surface area (Å²) in [7, 11) is 0. The quantitative estimate of drug-likeness (QED) is 0.633. The van der Waals surface area contributed by atoms with Crippen molar-refractivity contribution in [3.63, 3.8) is 0 Å². The van der Waals surface area contributed by atoms with Crippen molar-refractivity contribution in [1.82, 2.24) is 0 Å². The van der Waals surface area contributed by atoms with E-state index in [0.717, 1.165) is 0 Å². The van der Waals surface area contributed by atoms with Crippen LogP contribution >= 0.6 is 0 Å². The van der Waals surface area contributed by atoms with Crippen LogP contribution in [0.15, 0.2) is 0 Å². The van der Waals surface area contributed by atoms with Crippen LogP contribution in [0.25, 0.3) is 0 Å². The Morgan fingerprint density at radius 3 is 1.92 bits per heavy atom. The van der Waals surface area contributed by atoms with Crippen LogP contribution in [0.4, 0.5) is 0 Å². The number of nitriles is 3. The molecule has 0 radical (unpaired) electrons. The summed E-state index contributed by atoms with van der Waals surface area (Å²) in [5, 5.41) is 25.9. The molecule has 0 N–H and O–H groups in total. The molecule has 0 aromatic heterocycles. The van der Waals surface area contributed by atoms with Gasteiger partial charge in [0.1, 0.15) is 0 Å². The molecule has 3 atom stereocenters. The summed E-state index contributed by atoms with van der Waals surface area (Å²) >= 11 is 0. The van der Waals surface area contributed by atoms with Gasteiger partial charge in [0.15, 0.2) is 0 Å². The lowest BCUT2D eigenvalue weighted by atomic mass is 9.84. The Morgan fingerprint density at radius 2 is 1.67 bits per heavy atom. The maximum atomic E-state index is 8.71. The summed E-state index contributed by atoms with van der Waals surface area (Å²) in [5.74, 6) is -1.13. The van der Waals surface area contributed by atoms with E-state index in [4.69, 9.17) is 15.8 Å². The van der Waals surface area contributed by atoms with Crippen LogP contribution in [0, 0.1) is 51.7 Å². The monoisotopic (exact) mass is 161 g/mol.